The molecule has 0 spiro atoms. The van der Waals surface area contributed by atoms with Crippen LogP contribution in [0.2, 0.25) is 0 Å². The molecule has 0 N–H and O–H groups in total. The highest BCUT2D eigenvalue weighted by molar-refractivity contribution is 6.11. The van der Waals surface area contributed by atoms with Crippen LogP contribution in [0.4, 0.5) is 0 Å². The first-order valence-corrected chi connectivity index (χ1v) is 8.15. The Morgan fingerprint density at radius 2 is 1.35 bits per heavy atom. The number of ether oxygens (including phenoxy) is 2. The molecule has 0 aliphatic carbocycles. The van der Waals surface area contributed by atoms with Crippen molar-refractivity contribution in [2.24, 2.45) is 0 Å². The van der Waals surface area contributed by atoms with E-state index in [2.05, 4.69) is 4.98 Å². The van der Waals surface area contributed by atoms with E-state index in [0.717, 1.165) is 16.3 Å². The molecular weight excluding hydrogens is 330 g/mol. The summed E-state index contributed by atoms with van der Waals surface area (Å²) in [5.41, 5.74) is 2.81. The van der Waals surface area contributed by atoms with Crippen LogP contribution in [0.5, 0.6) is 0 Å². The lowest BCUT2D eigenvalue weighted by molar-refractivity contribution is 0.0599. The molecule has 5 heteroatoms. The molecule has 0 bridgehead atoms. The van der Waals surface area contributed by atoms with Crippen LogP contribution in [0.15, 0.2) is 42.5 Å². The SMILES string of the molecule is COC(=O)c1c(C)nc(C)c(C(=O)OC)c1-c1cccc2ccccc12. The molecule has 0 atom stereocenters. The number of hydrogen-bond donors (Lipinski definition) is 0. The van der Waals surface area contributed by atoms with Gasteiger partial charge in [-0.1, -0.05) is 42.5 Å². The molecule has 26 heavy (non-hydrogen) atoms. The third-order valence-corrected chi connectivity index (χ3v) is 4.40. The van der Waals surface area contributed by atoms with Gasteiger partial charge in [-0.05, 0) is 30.2 Å². The molecule has 0 radical (unpaired) electrons. The molecular formula is C21H19NO4. The minimum atomic E-state index is -0.539. The minimum Gasteiger partial charge on any atom is -0.465 e. The molecule has 3 aromatic rings. The fraction of sp³-hybridized carbons (Fsp3) is 0.190. The lowest BCUT2D eigenvalue weighted by Gasteiger charge is -2.18. The number of methoxy groups -OCH3 is 2. The Morgan fingerprint density at radius 3 is 1.92 bits per heavy atom. The minimum absolute atomic E-state index is 0.273. The van der Waals surface area contributed by atoms with Crippen LogP contribution < -0.4 is 0 Å². The van der Waals surface area contributed by atoms with Crippen LogP contribution in [0, 0.1) is 13.8 Å². The van der Waals surface area contributed by atoms with Crippen molar-refractivity contribution in [2.45, 2.75) is 13.8 Å². The Kier molecular flexibility index (Phi) is 4.71. The van der Waals surface area contributed by atoms with Gasteiger partial charge >= 0.3 is 11.9 Å². The van der Waals surface area contributed by atoms with Crippen molar-refractivity contribution in [2.75, 3.05) is 14.2 Å². The van der Waals surface area contributed by atoms with E-state index in [-0.39, 0.29) is 11.1 Å². The summed E-state index contributed by atoms with van der Waals surface area (Å²) < 4.78 is 9.94. The number of carbonyl (C=O) groups excluding carboxylic acids is 2. The van der Waals surface area contributed by atoms with Gasteiger partial charge in [0.2, 0.25) is 0 Å². The number of benzene rings is 2. The number of aromatic nitrogens is 1. The van der Waals surface area contributed by atoms with Crippen molar-refractivity contribution in [3.8, 4) is 11.1 Å². The van der Waals surface area contributed by atoms with Crippen molar-refractivity contribution in [3.63, 3.8) is 0 Å². The second-order valence-electron chi connectivity index (χ2n) is 5.92. The first-order chi connectivity index (χ1) is 12.5. The van der Waals surface area contributed by atoms with Gasteiger partial charge in [0.15, 0.2) is 0 Å². The predicted molar refractivity (Wildman–Crippen MR) is 99.3 cm³/mol. The zero-order chi connectivity index (χ0) is 18.8. The van der Waals surface area contributed by atoms with E-state index >= 15 is 0 Å². The van der Waals surface area contributed by atoms with Gasteiger partial charge in [-0.25, -0.2) is 9.59 Å². The maximum absolute atomic E-state index is 12.5. The Bertz CT molecular complexity index is 978. The molecule has 0 saturated heterocycles. The standard InChI is InChI=1S/C21H19NO4/c1-12-17(20(23)25-3)19(18(13(2)22-12)21(24)26-4)16-11-7-9-14-8-5-6-10-15(14)16/h5-11H,1-4H3. The second kappa shape index (κ2) is 6.96. The molecule has 0 aliphatic heterocycles. The van der Waals surface area contributed by atoms with Crippen molar-refractivity contribution >= 4 is 22.7 Å². The molecule has 0 amide bonds. The maximum atomic E-state index is 12.5. The van der Waals surface area contributed by atoms with E-state index in [0.29, 0.717) is 17.0 Å². The zero-order valence-electron chi connectivity index (χ0n) is 15.1. The van der Waals surface area contributed by atoms with E-state index in [1.165, 1.54) is 14.2 Å². The average Bonchev–Trinajstić information content (AvgIpc) is 2.65. The number of fused-ring (bicyclic) bond motifs is 1. The molecule has 0 fully saturated rings. The summed E-state index contributed by atoms with van der Waals surface area (Å²) in [6.07, 6.45) is 0. The van der Waals surface area contributed by atoms with Gasteiger partial charge in [0, 0.05) is 5.56 Å². The number of carbonyl (C=O) groups is 2. The number of hydrogen-bond acceptors (Lipinski definition) is 5. The number of pyridine rings is 1. The van der Waals surface area contributed by atoms with E-state index in [1.54, 1.807) is 13.8 Å². The highest BCUT2D eigenvalue weighted by Gasteiger charge is 2.27. The molecule has 0 aliphatic rings. The summed E-state index contributed by atoms with van der Waals surface area (Å²) in [7, 11) is 2.62. The summed E-state index contributed by atoms with van der Waals surface area (Å²) in [5.74, 6) is -1.08. The summed E-state index contributed by atoms with van der Waals surface area (Å²) in [6.45, 7) is 3.46. The van der Waals surface area contributed by atoms with E-state index in [1.807, 2.05) is 42.5 Å². The van der Waals surface area contributed by atoms with Crippen molar-refractivity contribution < 1.29 is 19.1 Å². The fourth-order valence-electron chi connectivity index (χ4n) is 3.27. The van der Waals surface area contributed by atoms with Gasteiger partial charge in [-0.15, -0.1) is 0 Å². The zero-order valence-corrected chi connectivity index (χ0v) is 15.1. The van der Waals surface area contributed by atoms with Gasteiger partial charge in [-0.2, -0.15) is 0 Å². The predicted octanol–water partition coefficient (Wildman–Crippen LogP) is 4.09. The van der Waals surface area contributed by atoms with Gasteiger partial charge in [-0.3, -0.25) is 4.98 Å². The first-order valence-electron chi connectivity index (χ1n) is 8.15. The van der Waals surface area contributed by atoms with Crippen molar-refractivity contribution in [1.29, 1.82) is 0 Å². The largest absolute Gasteiger partial charge is 0.465 e. The van der Waals surface area contributed by atoms with Crippen LogP contribution in [0.3, 0.4) is 0 Å². The van der Waals surface area contributed by atoms with Crippen LogP contribution in [0.25, 0.3) is 21.9 Å². The second-order valence-corrected chi connectivity index (χ2v) is 5.92. The lowest BCUT2D eigenvalue weighted by atomic mass is 9.89. The topological polar surface area (TPSA) is 65.5 Å². The van der Waals surface area contributed by atoms with Crippen molar-refractivity contribution in [3.05, 3.63) is 65.0 Å². The Labute approximate surface area is 151 Å². The summed E-state index contributed by atoms with van der Waals surface area (Å²) >= 11 is 0. The van der Waals surface area contributed by atoms with Crippen LogP contribution in [0.1, 0.15) is 32.1 Å². The van der Waals surface area contributed by atoms with E-state index < -0.39 is 11.9 Å². The number of esters is 2. The van der Waals surface area contributed by atoms with Crippen LogP contribution in [-0.2, 0) is 9.47 Å². The van der Waals surface area contributed by atoms with Gasteiger partial charge in [0.25, 0.3) is 0 Å². The smallest absolute Gasteiger partial charge is 0.340 e. The highest BCUT2D eigenvalue weighted by atomic mass is 16.5. The molecule has 5 nitrogen and oxygen atoms in total. The summed E-state index contributed by atoms with van der Waals surface area (Å²) in [6, 6.07) is 13.6. The summed E-state index contributed by atoms with van der Waals surface area (Å²) in [5, 5.41) is 1.93. The molecule has 1 heterocycles. The van der Waals surface area contributed by atoms with E-state index in [9.17, 15) is 9.59 Å². The third-order valence-electron chi connectivity index (χ3n) is 4.40. The van der Waals surface area contributed by atoms with E-state index in [4.69, 9.17) is 9.47 Å². The first kappa shape index (κ1) is 17.6. The molecule has 132 valence electrons. The summed E-state index contributed by atoms with van der Waals surface area (Å²) in [4.78, 5) is 29.4. The van der Waals surface area contributed by atoms with Crippen LogP contribution >= 0.6 is 0 Å². The average molecular weight is 349 g/mol. The quantitative estimate of drug-likeness (QED) is 0.666. The number of rotatable bonds is 3. The molecule has 2 aromatic carbocycles. The van der Waals surface area contributed by atoms with Gasteiger partial charge in [0.05, 0.1) is 36.7 Å². The molecule has 1 aromatic heterocycles. The third kappa shape index (κ3) is 2.81. The molecule has 0 saturated carbocycles. The number of aryl methyl sites for hydroxylation is 2. The van der Waals surface area contributed by atoms with Crippen molar-refractivity contribution in [1.82, 2.24) is 4.98 Å². The Balaban J connectivity index is 2.51. The Morgan fingerprint density at radius 1 is 0.808 bits per heavy atom. The highest BCUT2D eigenvalue weighted by Crippen LogP contribution is 2.36. The fourth-order valence-corrected chi connectivity index (χ4v) is 3.27. The Hall–Kier alpha value is -3.21. The number of nitrogens with zero attached hydrogens (tertiary/aromatic N) is 1. The molecule has 0 unspecified atom stereocenters. The lowest BCUT2D eigenvalue weighted by Crippen LogP contribution is -2.16. The molecule has 3 rings (SSSR count). The maximum Gasteiger partial charge on any atom is 0.340 e. The van der Waals surface area contributed by atoms with Gasteiger partial charge in [0.1, 0.15) is 0 Å². The normalized spacial score (nSPS) is 10.6. The monoisotopic (exact) mass is 349 g/mol. The van der Waals surface area contributed by atoms with Crippen LogP contribution in [-0.4, -0.2) is 31.1 Å². The van der Waals surface area contributed by atoms with Gasteiger partial charge < -0.3 is 9.47 Å².